The largest absolute Gasteiger partial charge is 0.493 e. The number of fused-ring (bicyclic) bond motifs is 1. The molecular weight excluding hydrogens is 528 g/mol. The summed E-state index contributed by atoms with van der Waals surface area (Å²) in [5.74, 6) is -0.271. The highest BCUT2D eigenvalue weighted by molar-refractivity contribution is 7.89. The summed E-state index contributed by atoms with van der Waals surface area (Å²) in [6.07, 6.45) is 0.224. The fourth-order valence-electron chi connectivity index (χ4n) is 4.55. The highest BCUT2D eigenvalue weighted by Gasteiger charge is 2.40. The Labute approximate surface area is 229 Å². The van der Waals surface area contributed by atoms with Crippen molar-refractivity contribution < 1.29 is 22.7 Å². The van der Waals surface area contributed by atoms with Gasteiger partial charge in [-0.3, -0.25) is 9.59 Å². The van der Waals surface area contributed by atoms with Crippen LogP contribution >= 0.6 is 11.6 Å². The minimum absolute atomic E-state index is 0.0805. The van der Waals surface area contributed by atoms with Gasteiger partial charge in [0.25, 0.3) is 0 Å². The maximum Gasteiger partial charge on any atom is 0.243 e. The lowest BCUT2D eigenvalue weighted by atomic mass is 9.97. The number of sulfonamides is 1. The summed E-state index contributed by atoms with van der Waals surface area (Å²) >= 11 is 6.57. The van der Waals surface area contributed by atoms with Crippen LogP contribution in [0.1, 0.15) is 56.3 Å². The maximum atomic E-state index is 13.4. The monoisotopic (exact) mass is 562 g/mol. The molecule has 0 unspecified atom stereocenters. The third kappa shape index (κ3) is 6.48. The summed E-state index contributed by atoms with van der Waals surface area (Å²) < 4.78 is 33.7. The fourth-order valence-corrected chi connectivity index (χ4v) is 6.37. The van der Waals surface area contributed by atoms with Crippen LogP contribution in [0.3, 0.4) is 0 Å². The Hall–Kier alpha value is -2.66. The Morgan fingerprint density at radius 3 is 2.61 bits per heavy atom. The van der Waals surface area contributed by atoms with E-state index in [1.807, 2.05) is 19.1 Å². The molecule has 1 fully saturated rings. The minimum Gasteiger partial charge on any atom is -0.493 e. The highest BCUT2D eigenvalue weighted by Crippen LogP contribution is 2.36. The second kappa shape index (κ2) is 11.2. The lowest BCUT2D eigenvalue weighted by Crippen LogP contribution is -2.58. The predicted octanol–water partition coefficient (Wildman–Crippen LogP) is 3.06. The van der Waals surface area contributed by atoms with Crippen LogP contribution in [0.2, 0.25) is 5.02 Å². The topological polar surface area (TPSA) is 117 Å². The van der Waals surface area contributed by atoms with Crippen LogP contribution in [-0.2, 0) is 26.2 Å². The average molecular weight is 563 g/mol. The van der Waals surface area contributed by atoms with Gasteiger partial charge >= 0.3 is 0 Å². The van der Waals surface area contributed by atoms with Gasteiger partial charge in [-0.1, -0.05) is 29.3 Å². The van der Waals surface area contributed by atoms with Crippen molar-refractivity contribution in [3.8, 4) is 5.75 Å². The molecular formula is C27H35ClN4O5S. The summed E-state index contributed by atoms with van der Waals surface area (Å²) in [5.41, 5.74) is 2.49. The van der Waals surface area contributed by atoms with Crippen molar-refractivity contribution in [1.29, 1.82) is 0 Å². The number of benzene rings is 2. The second-order valence-corrected chi connectivity index (χ2v) is 13.1. The van der Waals surface area contributed by atoms with Crippen LogP contribution in [0, 0.1) is 6.92 Å². The van der Waals surface area contributed by atoms with Gasteiger partial charge in [0.1, 0.15) is 11.8 Å². The third-order valence-corrected chi connectivity index (χ3v) is 8.92. The molecule has 0 bridgehead atoms. The normalized spacial score (nSPS) is 20.3. The highest BCUT2D eigenvalue weighted by atomic mass is 35.5. The van der Waals surface area contributed by atoms with E-state index in [0.717, 1.165) is 21.0 Å². The lowest BCUT2D eigenvalue weighted by molar-refractivity contribution is -0.132. The Morgan fingerprint density at radius 1 is 1.21 bits per heavy atom. The molecule has 0 aliphatic carbocycles. The Bertz CT molecular complexity index is 1310. The molecule has 2 aliphatic rings. The number of hydrogen-bond acceptors (Lipinski definition) is 6. The molecule has 38 heavy (non-hydrogen) atoms. The third-order valence-electron chi connectivity index (χ3n) is 6.65. The molecule has 0 saturated carbocycles. The van der Waals surface area contributed by atoms with Crippen molar-refractivity contribution >= 4 is 33.4 Å². The number of carbonyl (C=O) groups is 2. The first-order chi connectivity index (χ1) is 17.8. The first-order valence-corrected chi connectivity index (χ1v) is 14.5. The molecule has 2 aliphatic heterocycles. The van der Waals surface area contributed by atoms with Gasteiger partial charge in [-0.25, -0.2) is 8.42 Å². The first-order valence-electron chi connectivity index (χ1n) is 12.7. The summed E-state index contributed by atoms with van der Waals surface area (Å²) in [6, 6.07) is 8.62. The molecule has 206 valence electrons. The number of hydrogen-bond donors (Lipinski definition) is 3. The summed E-state index contributed by atoms with van der Waals surface area (Å²) in [5, 5.41) is 9.63. The van der Waals surface area contributed by atoms with Crippen LogP contribution in [0.25, 0.3) is 0 Å². The number of rotatable bonds is 7. The fraction of sp³-hybridized carbons (Fsp3) is 0.481. The maximum absolute atomic E-state index is 13.4. The number of piperazine rings is 1. The Kier molecular flexibility index (Phi) is 8.37. The van der Waals surface area contributed by atoms with Crippen molar-refractivity contribution in [3.63, 3.8) is 0 Å². The number of halogens is 1. The lowest BCUT2D eigenvalue weighted by Gasteiger charge is -2.34. The van der Waals surface area contributed by atoms with Gasteiger partial charge in [-0.15, -0.1) is 0 Å². The zero-order valence-corrected chi connectivity index (χ0v) is 23.7. The number of nitrogens with one attached hydrogen (secondary N) is 3. The van der Waals surface area contributed by atoms with Crippen molar-refractivity contribution in [2.75, 3.05) is 19.7 Å². The van der Waals surface area contributed by atoms with Gasteiger partial charge in [-0.05, 0) is 57.5 Å². The molecule has 2 aromatic rings. The number of amides is 2. The van der Waals surface area contributed by atoms with E-state index in [-0.39, 0.29) is 36.0 Å². The molecule has 3 N–H and O–H groups in total. The van der Waals surface area contributed by atoms with Gasteiger partial charge in [0.05, 0.1) is 24.0 Å². The second-order valence-electron chi connectivity index (χ2n) is 10.8. The predicted molar refractivity (Wildman–Crippen MR) is 146 cm³/mol. The van der Waals surface area contributed by atoms with E-state index in [1.165, 1.54) is 12.1 Å². The summed E-state index contributed by atoms with van der Waals surface area (Å²) in [4.78, 5) is 26.0. The molecule has 11 heteroatoms. The molecule has 0 spiro atoms. The molecule has 4 rings (SSSR count). The molecule has 0 aromatic heterocycles. The molecule has 2 aromatic carbocycles. The van der Waals surface area contributed by atoms with E-state index in [4.69, 9.17) is 16.3 Å². The SMILES string of the molecule is Cc1ccc(S(=O)(=O)N2CCNC(=O)[C@@H]2CC(=O)N[C@@H]2CCOc3cc(CNC(C)(C)C)c(Cl)cc32)cc1. The summed E-state index contributed by atoms with van der Waals surface area (Å²) in [7, 11) is -3.97. The molecule has 0 radical (unpaired) electrons. The number of aryl methyl sites for hydroxylation is 1. The van der Waals surface area contributed by atoms with Crippen LogP contribution in [0.5, 0.6) is 5.75 Å². The standard InChI is InChI=1S/C27H35ClN4O5S/c1-17-5-7-19(8-6-17)38(35,36)32-11-10-29-26(34)23(32)15-25(33)31-22-9-12-37-24-13-18(16-30-27(2,3)4)21(28)14-20(22)24/h5-8,13-14,22-23,30H,9-12,15-16H2,1-4H3,(H,29,34)(H,31,33)/t22-,23+/m1/s1. The zero-order chi connectivity index (χ0) is 27.7. The molecule has 2 heterocycles. The first kappa shape index (κ1) is 28.4. The molecule has 9 nitrogen and oxygen atoms in total. The quantitative estimate of drug-likeness (QED) is 0.477. The molecule has 2 amide bonds. The van der Waals surface area contributed by atoms with Gasteiger partial charge in [0.15, 0.2) is 0 Å². The van der Waals surface area contributed by atoms with Crippen molar-refractivity contribution in [1.82, 2.24) is 20.3 Å². The van der Waals surface area contributed by atoms with Gasteiger partial charge in [0.2, 0.25) is 21.8 Å². The zero-order valence-electron chi connectivity index (χ0n) is 22.1. The molecule has 1 saturated heterocycles. The Balaban J connectivity index is 1.50. The van der Waals surface area contributed by atoms with E-state index >= 15 is 0 Å². The minimum atomic E-state index is -3.97. The van der Waals surface area contributed by atoms with Crippen molar-refractivity contribution in [2.24, 2.45) is 0 Å². The van der Waals surface area contributed by atoms with Gasteiger partial charge in [-0.2, -0.15) is 4.31 Å². The van der Waals surface area contributed by atoms with Crippen LogP contribution < -0.4 is 20.7 Å². The van der Waals surface area contributed by atoms with E-state index in [2.05, 4.69) is 36.7 Å². The Morgan fingerprint density at radius 2 is 1.92 bits per heavy atom. The average Bonchev–Trinajstić information content (AvgIpc) is 2.84. The van der Waals surface area contributed by atoms with Crippen LogP contribution in [-0.4, -0.2) is 55.8 Å². The van der Waals surface area contributed by atoms with E-state index in [9.17, 15) is 18.0 Å². The molecule has 2 atom stereocenters. The number of ether oxygens (including phenoxy) is 1. The van der Waals surface area contributed by atoms with E-state index in [0.29, 0.717) is 30.3 Å². The van der Waals surface area contributed by atoms with Gasteiger partial charge < -0.3 is 20.7 Å². The van der Waals surface area contributed by atoms with Crippen LogP contribution in [0.15, 0.2) is 41.3 Å². The van der Waals surface area contributed by atoms with E-state index < -0.39 is 27.9 Å². The smallest absolute Gasteiger partial charge is 0.243 e. The van der Waals surface area contributed by atoms with Gasteiger partial charge in [0, 0.05) is 42.2 Å². The summed E-state index contributed by atoms with van der Waals surface area (Å²) in [6.45, 7) is 9.31. The van der Waals surface area contributed by atoms with Crippen molar-refractivity contribution in [3.05, 3.63) is 58.1 Å². The number of nitrogens with zero attached hydrogens (tertiary/aromatic N) is 1. The van der Waals surface area contributed by atoms with Crippen LogP contribution in [0.4, 0.5) is 0 Å². The van der Waals surface area contributed by atoms with E-state index in [1.54, 1.807) is 12.1 Å². The van der Waals surface area contributed by atoms with Crippen molar-refractivity contribution in [2.45, 2.75) is 69.6 Å². The number of carbonyl (C=O) groups excluding carboxylic acids is 2.